The lowest BCUT2D eigenvalue weighted by Crippen LogP contribution is -2.40. The number of carbonyl (C=O) groups is 2. The third kappa shape index (κ3) is 4.93. The van der Waals surface area contributed by atoms with Gasteiger partial charge in [0.15, 0.2) is 0 Å². The van der Waals surface area contributed by atoms with E-state index in [4.69, 9.17) is 4.74 Å². The number of rotatable bonds is 6. The number of carbonyl (C=O) groups excluding carboxylic acids is 2. The molecule has 1 unspecified atom stereocenters. The molecule has 1 saturated heterocycles. The molecule has 182 valence electrons. The fourth-order valence-corrected chi connectivity index (χ4v) is 5.54. The van der Waals surface area contributed by atoms with Crippen molar-refractivity contribution in [3.63, 3.8) is 0 Å². The molecule has 2 aliphatic rings. The molecule has 2 amide bonds. The van der Waals surface area contributed by atoms with Gasteiger partial charge in [-0.3, -0.25) is 9.59 Å². The van der Waals surface area contributed by atoms with Crippen molar-refractivity contribution in [2.45, 2.75) is 45.3 Å². The molecule has 5 rings (SSSR count). The second-order valence-electron chi connectivity index (χ2n) is 8.92. The Morgan fingerprint density at radius 2 is 1.89 bits per heavy atom. The SMILES string of the molecule is CCC(=O)N1CCc2ccc(OCc3nc(C(=O)N4CCCC4)cs3)cc2C1c1ccc(F)cc1. The van der Waals surface area contributed by atoms with E-state index in [1.54, 1.807) is 17.5 Å². The molecular weight excluding hydrogens is 465 g/mol. The number of thiazole rings is 1. The summed E-state index contributed by atoms with van der Waals surface area (Å²) < 4.78 is 19.7. The van der Waals surface area contributed by atoms with Crippen molar-refractivity contribution in [2.24, 2.45) is 0 Å². The average molecular weight is 494 g/mol. The van der Waals surface area contributed by atoms with Gasteiger partial charge >= 0.3 is 0 Å². The number of benzene rings is 2. The average Bonchev–Trinajstić information content (AvgIpc) is 3.59. The van der Waals surface area contributed by atoms with Crippen LogP contribution in [0.15, 0.2) is 47.8 Å². The van der Waals surface area contributed by atoms with Crippen LogP contribution in [0.3, 0.4) is 0 Å². The number of hydrogen-bond acceptors (Lipinski definition) is 5. The third-order valence-corrected chi connectivity index (χ3v) is 7.50. The monoisotopic (exact) mass is 493 g/mol. The second-order valence-corrected chi connectivity index (χ2v) is 9.86. The molecule has 0 spiro atoms. The van der Waals surface area contributed by atoms with Crippen LogP contribution in [0, 0.1) is 5.82 Å². The minimum Gasteiger partial charge on any atom is -0.486 e. The van der Waals surface area contributed by atoms with Gasteiger partial charge in [0.05, 0.1) is 6.04 Å². The lowest BCUT2D eigenvalue weighted by atomic mass is 9.87. The van der Waals surface area contributed by atoms with Gasteiger partial charge in [-0.25, -0.2) is 9.37 Å². The molecule has 0 aliphatic carbocycles. The summed E-state index contributed by atoms with van der Waals surface area (Å²) in [6.07, 6.45) is 3.26. The summed E-state index contributed by atoms with van der Waals surface area (Å²) >= 11 is 1.42. The molecule has 3 heterocycles. The highest BCUT2D eigenvalue weighted by Gasteiger charge is 2.32. The normalized spacial score (nSPS) is 17.4. The summed E-state index contributed by atoms with van der Waals surface area (Å²) in [5.41, 5.74) is 3.49. The summed E-state index contributed by atoms with van der Waals surface area (Å²) in [5, 5.41) is 2.54. The summed E-state index contributed by atoms with van der Waals surface area (Å²) in [6.45, 7) is 4.33. The molecule has 6 nitrogen and oxygen atoms in total. The van der Waals surface area contributed by atoms with Crippen molar-refractivity contribution < 1.29 is 18.7 Å². The predicted octanol–water partition coefficient (Wildman–Crippen LogP) is 4.98. The van der Waals surface area contributed by atoms with Gasteiger partial charge in [0, 0.05) is 31.4 Å². The largest absolute Gasteiger partial charge is 0.486 e. The van der Waals surface area contributed by atoms with Crippen LogP contribution in [0.1, 0.15) is 64.4 Å². The smallest absolute Gasteiger partial charge is 0.273 e. The molecule has 2 aromatic carbocycles. The van der Waals surface area contributed by atoms with Crippen LogP contribution < -0.4 is 4.74 Å². The van der Waals surface area contributed by atoms with E-state index in [-0.39, 0.29) is 30.3 Å². The maximum absolute atomic E-state index is 13.6. The zero-order valence-electron chi connectivity index (χ0n) is 19.7. The summed E-state index contributed by atoms with van der Waals surface area (Å²) in [5.74, 6) is 0.418. The van der Waals surface area contributed by atoms with Gasteiger partial charge in [-0.2, -0.15) is 0 Å². The van der Waals surface area contributed by atoms with E-state index in [1.165, 1.54) is 23.5 Å². The van der Waals surface area contributed by atoms with Crippen molar-refractivity contribution in [3.8, 4) is 5.75 Å². The first-order valence-corrected chi connectivity index (χ1v) is 13.0. The Hall–Kier alpha value is -3.26. The lowest BCUT2D eigenvalue weighted by Gasteiger charge is -2.38. The highest BCUT2D eigenvalue weighted by Crippen LogP contribution is 2.37. The van der Waals surface area contributed by atoms with Gasteiger partial charge in [-0.05, 0) is 60.2 Å². The highest BCUT2D eigenvalue weighted by atomic mass is 32.1. The van der Waals surface area contributed by atoms with E-state index >= 15 is 0 Å². The molecule has 1 atom stereocenters. The Balaban J connectivity index is 1.36. The van der Waals surface area contributed by atoms with Crippen LogP contribution in [0.2, 0.25) is 0 Å². The Morgan fingerprint density at radius 3 is 2.63 bits per heavy atom. The minimum atomic E-state index is -0.304. The molecule has 35 heavy (non-hydrogen) atoms. The van der Waals surface area contributed by atoms with Crippen LogP contribution in [-0.2, 0) is 17.8 Å². The quantitative estimate of drug-likeness (QED) is 0.486. The molecule has 0 saturated carbocycles. The van der Waals surface area contributed by atoms with Gasteiger partial charge in [-0.15, -0.1) is 11.3 Å². The number of halogens is 1. The molecule has 0 N–H and O–H groups in total. The standard InChI is InChI=1S/C27H28FN3O3S/c1-2-25(32)31-14-11-18-7-10-21(15-22(18)26(31)19-5-8-20(28)9-6-19)34-16-24-29-23(17-35-24)27(33)30-12-3-4-13-30/h5-10,15,17,26H,2-4,11-14,16H2,1H3. The first kappa shape index (κ1) is 23.5. The molecule has 0 radical (unpaired) electrons. The zero-order valence-corrected chi connectivity index (χ0v) is 20.5. The highest BCUT2D eigenvalue weighted by molar-refractivity contribution is 7.09. The number of amides is 2. The van der Waals surface area contributed by atoms with Crippen molar-refractivity contribution in [2.75, 3.05) is 19.6 Å². The maximum atomic E-state index is 13.6. The predicted molar refractivity (Wildman–Crippen MR) is 132 cm³/mol. The van der Waals surface area contributed by atoms with Crippen LogP contribution >= 0.6 is 11.3 Å². The molecule has 8 heteroatoms. The summed E-state index contributed by atoms with van der Waals surface area (Å²) in [7, 11) is 0. The molecule has 1 fully saturated rings. The van der Waals surface area contributed by atoms with E-state index < -0.39 is 0 Å². The Morgan fingerprint density at radius 1 is 1.11 bits per heavy atom. The fourth-order valence-electron chi connectivity index (χ4n) is 4.86. The van der Waals surface area contributed by atoms with E-state index in [9.17, 15) is 14.0 Å². The van der Waals surface area contributed by atoms with Crippen LogP contribution in [-0.4, -0.2) is 46.2 Å². The number of aromatic nitrogens is 1. The number of ether oxygens (including phenoxy) is 1. The Kier molecular flexibility index (Phi) is 6.81. The first-order valence-electron chi connectivity index (χ1n) is 12.1. The topological polar surface area (TPSA) is 62.7 Å². The van der Waals surface area contributed by atoms with E-state index in [0.717, 1.165) is 54.0 Å². The third-order valence-electron chi connectivity index (χ3n) is 6.68. The van der Waals surface area contributed by atoms with E-state index in [2.05, 4.69) is 4.98 Å². The number of nitrogens with zero attached hydrogens (tertiary/aromatic N) is 3. The van der Waals surface area contributed by atoms with Gasteiger partial charge in [0.1, 0.15) is 28.9 Å². The number of likely N-dealkylation sites (tertiary alicyclic amines) is 1. The van der Waals surface area contributed by atoms with Gasteiger partial charge in [0.25, 0.3) is 5.91 Å². The van der Waals surface area contributed by atoms with E-state index in [0.29, 0.717) is 24.4 Å². The Bertz CT molecular complexity index is 1220. The minimum absolute atomic E-state index is 0.0124. The second kappa shape index (κ2) is 10.2. The lowest BCUT2D eigenvalue weighted by molar-refractivity contribution is -0.132. The summed E-state index contributed by atoms with van der Waals surface area (Å²) in [4.78, 5) is 33.5. The van der Waals surface area contributed by atoms with Gasteiger partial charge in [0.2, 0.25) is 5.91 Å². The summed E-state index contributed by atoms with van der Waals surface area (Å²) in [6, 6.07) is 12.0. The molecule has 2 aliphatic heterocycles. The van der Waals surface area contributed by atoms with Gasteiger partial charge in [-0.1, -0.05) is 25.1 Å². The van der Waals surface area contributed by atoms with Crippen LogP contribution in [0.4, 0.5) is 4.39 Å². The van der Waals surface area contributed by atoms with Gasteiger partial charge < -0.3 is 14.5 Å². The van der Waals surface area contributed by atoms with Crippen LogP contribution in [0.25, 0.3) is 0 Å². The molecule has 3 aromatic rings. The molecule has 0 bridgehead atoms. The molecule has 1 aromatic heterocycles. The van der Waals surface area contributed by atoms with Crippen molar-refractivity contribution in [1.29, 1.82) is 0 Å². The zero-order chi connectivity index (χ0) is 24.4. The first-order chi connectivity index (χ1) is 17.0. The van der Waals surface area contributed by atoms with Crippen molar-refractivity contribution in [3.05, 3.63) is 81.1 Å². The van der Waals surface area contributed by atoms with Crippen LogP contribution in [0.5, 0.6) is 5.75 Å². The van der Waals surface area contributed by atoms with E-state index in [1.807, 2.05) is 34.9 Å². The fraction of sp³-hybridized carbons (Fsp3) is 0.370. The molecular formula is C27H28FN3O3S. The maximum Gasteiger partial charge on any atom is 0.273 e. The number of fused-ring (bicyclic) bond motifs is 1. The van der Waals surface area contributed by atoms with Crippen molar-refractivity contribution in [1.82, 2.24) is 14.8 Å². The Labute approximate surface area is 208 Å². The number of hydrogen-bond donors (Lipinski definition) is 0. The van der Waals surface area contributed by atoms with Crippen molar-refractivity contribution >= 4 is 23.2 Å².